The first-order valence-electron chi connectivity index (χ1n) is 8.84. The van der Waals surface area contributed by atoms with Gasteiger partial charge >= 0.3 is 6.09 Å². The quantitative estimate of drug-likeness (QED) is 0.700. The number of halogens is 2. The van der Waals surface area contributed by atoms with Crippen LogP contribution < -0.4 is 0 Å². The fraction of sp³-hybridized carbons (Fsp3) is 0.350. The Balaban J connectivity index is 1.87. The first kappa shape index (κ1) is 17.5. The largest absolute Gasteiger partial charge is 0.450 e. The molecule has 2 unspecified atom stereocenters. The van der Waals surface area contributed by atoms with Crippen LogP contribution in [-0.2, 0) is 11.2 Å². The first-order valence-corrected chi connectivity index (χ1v) is 9.65. The summed E-state index contributed by atoms with van der Waals surface area (Å²) >= 11 is 12.8. The third-order valence-electron chi connectivity index (χ3n) is 5.04. The summed E-state index contributed by atoms with van der Waals surface area (Å²) in [4.78, 5) is 17.9. The number of hydrogen-bond donors (Lipinski definition) is 1. The van der Waals surface area contributed by atoms with E-state index in [1.165, 1.54) is 5.56 Å². The molecule has 4 nitrogen and oxygen atoms in total. The molecule has 2 aromatic rings. The molecule has 0 bridgehead atoms. The average molecular weight is 391 g/mol. The van der Waals surface area contributed by atoms with Crippen molar-refractivity contribution in [2.24, 2.45) is 0 Å². The number of rotatable bonds is 2. The minimum atomic E-state index is -0.306. The number of aromatic nitrogens is 1. The monoisotopic (exact) mass is 390 g/mol. The van der Waals surface area contributed by atoms with Gasteiger partial charge in [-0.3, -0.25) is 4.90 Å². The summed E-state index contributed by atoms with van der Waals surface area (Å²) < 4.78 is 5.31. The van der Waals surface area contributed by atoms with Crippen molar-refractivity contribution in [1.29, 1.82) is 0 Å². The molecular weight excluding hydrogens is 371 g/mol. The molecule has 2 aliphatic rings. The molecule has 1 aliphatic heterocycles. The van der Waals surface area contributed by atoms with E-state index in [1.54, 1.807) is 4.90 Å². The van der Waals surface area contributed by atoms with Crippen LogP contribution in [0.15, 0.2) is 42.0 Å². The highest BCUT2D eigenvalue weighted by atomic mass is 35.5. The zero-order valence-electron chi connectivity index (χ0n) is 14.5. The lowest BCUT2D eigenvalue weighted by atomic mass is 9.88. The molecule has 1 aromatic carbocycles. The van der Waals surface area contributed by atoms with Gasteiger partial charge in [0.25, 0.3) is 0 Å². The number of carbonyl (C=O) groups is 1. The van der Waals surface area contributed by atoms with Crippen molar-refractivity contribution < 1.29 is 9.53 Å². The Kier molecular flexibility index (Phi) is 4.72. The number of allylic oxidation sites excluding steroid dienone is 3. The number of nitrogens with one attached hydrogen (secondary N) is 1. The summed E-state index contributed by atoms with van der Waals surface area (Å²) in [6, 6.07) is 5.58. The van der Waals surface area contributed by atoms with E-state index in [9.17, 15) is 4.79 Å². The van der Waals surface area contributed by atoms with Gasteiger partial charge in [0.1, 0.15) is 0 Å². The molecule has 1 aromatic heterocycles. The van der Waals surface area contributed by atoms with Crippen LogP contribution in [0.4, 0.5) is 4.79 Å². The Morgan fingerprint density at radius 2 is 2.27 bits per heavy atom. The minimum absolute atomic E-state index is 0.150. The lowest BCUT2D eigenvalue weighted by molar-refractivity contribution is 0.0920. The Morgan fingerprint density at radius 3 is 3.04 bits per heavy atom. The van der Waals surface area contributed by atoms with Crippen LogP contribution in [0, 0.1) is 0 Å². The van der Waals surface area contributed by atoms with Crippen molar-refractivity contribution in [2.75, 3.05) is 13.2 Å². The predicted octanol–water partition coefficient (Wildman–Crippen LogP) is 5.37. The van der Waals surface area contributed by atoms with Gasteiger partial charge in [-0.25, -0.2) is 4.79 Å². The molecular formula is C20H20Cl2N2O2. The SMILES string of the molecule is CCOC(=O)N1CCc2c([nH]c3ccc(Cl)cc23)C1C1=CC=CCC1Cl. The maximum Gasteiger partial charge on any atom is 0.410 e. The van der Waals surface area contributed by atoms with Crippen LogP contribution >= 0.6 is 23.2 Å². The Bertz CT molecular complexity index is 916. The lowest BCUT2D eigenvalue weighted by Gasteiger charge is -2.38. The number of carbonyl (C=O) groups excluding carboxylic acids is 1. The fourth-order valence-electron chi connectivity index (χ4n) is 3.89. The molecule has 2 heterocycles. The molecule has 26 heavy (non-hydrogen) atoms. The summed E-state index contributed by atoms with van der Waals surface area (Å²) in [5, 5.41) is 1.67. The van der Waals surface area contributed by atoms with E-state index in [0.717, 1.165) is 35.0 Å². The summed E-state index contributed by atoms with van der Waals surface area (Å²) in [6.07, 6.45) is 7.27. The molecule has 6 heteroatoms. The number of aromatic amines is 1. The molecule has 0 spiro atoms. The van der Waals surface area contributed by atoms with Gasteiger partial charge in [0, 0.05) is 28.2 Å². The van der Waals surface area contributed by atoms with Crippen molar-refractivity contribution in [2.45, 2.75) is 31.2 Å². The van der Waals surface area contributed by atoms with Crippen molar-refractivity contribution in [3.8, 4) is 0 Å². The molecule has 0 radical (unpaired) electrons. The zero-order chi connectivity index (χ0) is 18.3. The van der Waals surface area contributed by atoms with E-state index in [4.69, 9.17) is 27.9 Å². The first-order chi connectivity index (χ1) is 12.6. The predicted molar refractivity (Wildman–Crippen MR) is 105 cm³/mol. The standard InChI is InChI=1S/C20H20Cl2N2O2/c1-2-26-20(25)24-10-9-13-15-11-12(21)7-8-17(15)23-18(13)19(24)14-5-3-4-6-16(14)22/h3-5,7-8,11,16,19,23H,2,6,9-10H2,1H3. The topological polar surface area (TPSA) is 45.3 Å². The number of fused-ring (bicyclic) bond motifs is 3. The van der Waals surface area contributed by atoms with Crippen molar-refractivity contribution >= 4 is 40.2 Å². The highest BCUT2D eigenvalue weighted by Crippen LogP contribution is 2.42. The third kappa shape index (κ3) is 2.91. The molecule has 2 atom stereocenters. The van der Waals surface area contributed by atoms with Crippen molar-refractivity contribution in [3.63, 3.8) is 0 Å². The second-order valence-electron chi connectivity index (χ2n) is 6.55. The molecule has 0 saturated carbocycles. The number of amides is 1. The van der Waals surface area contributed by atoms with E-state index in [0.29, 0.717) is 18.2 Å². The van der Waals surface area contributed by atoms with Gasteiger partial charge in [0.2, 0.25) is 0 Å². The van der Waals surface area contributed by atoms with Crippen LogP contribution in [0.1, 0.15) is 30.6 Å². The van der Waals surface area contributed by atoms with Gasteiger partial charge in [0.05, 0.1) is 18.0 Å². The van der Waals surface area contributed by atoms with Gasteiger partial charge in [-0.15, -0.1) is 11.6 Å². The number of ether oxygens (including phenoxy) is 1. The number of benzene rings is 1. The number of H-pyrrole nitrogens is 1. The van der Waals surface area contributed by atoms with Crippen LogP contribution in [0.5, 0.6) is 0 Å². The summed E-state index contributed by atoms with van der Waals surface area (Å²) in [5.74, 6) is 0. The average Bonchev–Trinajstić information content (AvgIpc) is 2.99. The second kappa shape index (κ2) is 7.01. The van der Waals surface area contributed by atoms with Gasteiger partial charge < -0.3 is 9.72 Å². The van der Waals surface area contributed by atoms with Gasteiger partial charge in [0.15, 0.2) is 0 Å². The van der Waals surface area contributed by atoms with Gasteiger partial charge in [-0.05, 0) is 49.1 Å². The van der Waals surface area contributed by atoms with E-state index in [-0.39, 0.29) is 17.5 Å². The van der Waals surface area contributed by atoms with Crippen molar-refractivity contribution in [3.05, 3.63) is 58.3 Å². The highest BCUT2D eigenvalue weighted by molar-refractivity contribution is 6.31. The van der Waals surface area contributed by atoms with E-state index < -0.39 is 0 Å². The van der Waals surface area contributed by atoms with E-state index in [2.05, 4.69) is 4.98 Å². The van der Waals surface area contributed by atoms with Crippen molar-refractivity contribution in [1.82, 2.24) is 9.88 Å². The number of nitrogens with zero attached hydrogens (tertiary/aromatic N) is 1. The van der Waals surface area contributed by atoms with Crippen LogP contribution in [0.25, 0.3) is 10.9 Å². The third-order valence-corrected chi connectivity index (χ3v) is 5.70. The second-order valence-corrected chi connectivity index (χ2v) is 7.51. The summed E-state index contributed by atoms with van der Waals surface area (Å²) in [7, 11) is 0. The number of hydrogen-bond acceptors (Lipinski definition) is 2. The summed E-state index contributed by atoms with van der Waals surface area (Å²) in [6.45, 7) is 2.75. The van der Waals surface area contributed by atoms with E-state index in [1.807, 2.05) is 43.4 Å². The molecule has 1 aliphatic carbocycles. The molecule has 1 amide bonds. The normalized spacial score (nSPS) is 22.3. The fourth-order valence-corrected chi connectivity index (χ4v) is 4.36. The summed E-state index contributed by atoms with van der Waals surface area (Å²) in [5.41, 5.74) is 4.25. The Labute approximate surface area is 162 Å². The highest BCUT2D eigenvalue weighted by Gasteiger charge is 2.38. The maximum absolute atomic E-state index is 12.6. The lowest BCUT2D eigenvalue weighted by Crippen LogP contribution is -2.42. The maximum atomic E-state index is 12.6. The van der Waals surface area contributed by atoms with Gasteiger partial charge in [-0.2, -0.15) is 0 Å². The Hall–Kier alpha value is -1.91. The van der Waals surface area contributed by atoms with Crippen LogP contribution in [0.2, 0.25) is 5.02 Å². The smallest absolute Gasteiger partial charge is 0.410 e. The minimum Gasteiger partial charge on any atom is -0.450 e. The van der Waals surface area contributed by atoms with Gasteiger partial charge in [-0.1, -0.05) is 29.8 Å². The molecule has 136 valence electrons. The molecule has 0 saturated heterocycles. The van der Waals surface area contributed by atoms with Crippen LogP contribution in [0.3, 0.4) is 0 Å². The molecule has 4 rings (SSSR count). The number of alkyl halides is 1. The molecule has 1 N–H and O–H groups in total. The zero-order valence-corrected chi connectivity index (χ0v) is 16.0. The Morgan fingerprint density at radius 1 is 1.42 bits per heavy atom. The molecule has 0 fully saturated rings. The van der Waals surface area contributed by atoms with Crippen LogP contribution in [-0.4, -0.2) is 34.5 Å². The van der Waals surface area contributed by atoms with E-state index >= 15 is 0 Å².